The normalized spacial score (nSPS) is 13.9. The smallest absolute Gasteiger partial charge is 0.410 e. The maximum atomic E-state index is 15.0. The molecule has 10 nitrogen and oxygen atoms in total. The number of ether oxygens (including phenoxy) is 2. The number of urea groups is 1. The number of hydrogen-bond donors (Lipinski definition) is 2. The number of amides is 3. The molecule has 1 aromatic heterocycles. The molecule has 1 fully saturated rings. The number of esters is 1. The van der Waals surface area contributed by atoms with Crippen LogP contribution in [0.3, 0.4) is 0 Å². The van der Waals surface area contributed by atoms with Gasteiger partial charge in [0, 0.05) is 44.0 Å². The van der Waals surface area contributed by atoms with E-state index in [9.17, 15) is 14.4 Å². The Morgan fingerprint density at radius 2 is 1.83 bits per heavy atom. The van der Waals surface area contributed by atoms with Crippen molar-refractivity contribution < 1.29 is 28.2 Å². The first-order valence-corrected chi connectivity index (χ1v) is 11.3. The van der Waals surface area contributed by atoms with E-state index in [2.05, 4.69) is 15.6 Å². The van der Waals surface area contributed by atoms with Crippen molar-refractivity contribution in [3.8, 4) is 0 Å². The predicted octanol–water partition coefficient (Wildman–Crippen LogP) is 3.38. The third kappa shape index (κ3) is 7.92. The van der Waals surface area contributed by atoms with Crippen LogP contribution in [0.2, 0.25) is 0 Å². The van der Waals surface area contributed by atoms with E-state index in [-0.39, 0.29) is 11.8 Å². The number of nitrogens with zero attached hydrogens (tertiary/aromatic N) is 3. The van der Waals surface area contributed by atoms with Crippen molar-refractivity contribution in [1.29, 1.82) is 0 Å². The van der Waals surface area contributed by atoms with Crippen LogP contribution in [0.5, 0.6) is 0 Å². The highest BCUT2D eigenvalue weighted by atomic mass is 19.1. The van der Waals surface area contributed by atoms with Crippen LogP contribution in [-0.4, -0.2) is 71.8 Å². The highest BCUT2D eigenvalue weighted by molar-refractivity contribution is 5.99. The van der Waals surface area contributed by atoms with E-state index in [1.807, 2.05) is 11.8 Å². The van der Waals surface area contributed by atoms with Gasteiger partial charge in [-0.15, -0.1) is 0 Å². The molecule has 2 heterocycles. The monoisotopic (exact) mass is 487 g/mol. The third-order valence-corrected chi connectivity index (χ3v) is 5.20. The maximum Gasteiger partial charge on any atom is 0.410 e. The fourth-order valence-corrected chi connectivity index (χ4v) is 3.46. The van der Waals surface area contributed by atoms with Crippen LogP contribution in [0.15, 0.2) is 36.5 Å². The number of pyridine rings is 1. The van der Waals surface area contributed by atoms with Crippen molar-refractivity contribution in [3.63, 3.8) is 0 Å². The molecule has 0 saturated carbocycles. The molecule has 0 bridgehead atoms. The number of aromatic nitrogens is 1. The SMILES string of the molecule is Cc1ccc(NC(=O)Nc2cccc(CN3CCN(C(=O)OCC(=O)OC(C)C)CC3)c2F)cn1. The van der Waals surface area contributed by atoms with Crippen molar-refractivity contribution >= 4 is 29.5 Å². The van der Waals surface area contributed by atoms with E-state index in [4.69, 9.17) is 9.47 Å². The minimum atomic E-state index is -0.597. The molecule has 1 aliphatic rings. The number of halogens is 1. The van der Waals surface area contributed by atoms with Crippen LogP contribution >= 0.6 is 0 Å². The Kier molecular flexibility index (Phi) is 8.96. The number of hydrogen-bond acceptors (Lipinski definition) is 7. The van der Waals surface area contributed by atoms with Gasteiger partial charge in [-0.2, -0.15) is 0 Å². The second kappa shape index (κ2) is 12.1. The largest absolute Gasteiger partial charge is 0.460 e. The molecule has 0 aliphatic carbocycles. The first-order chi connectivity index (χ1) is 16.7. The van der Waals surface area contributed by atoms with Gasteiger partial charge >= 0.3 is 18.1 Å². The topological polar surface area (TPSA) is 113 Å². The van der Waals surface area contributed by atoms with E-state index >= 15 is 4.39 Å². The van der Waals surface area contributed by atoms with Gasteiger partial charge in [0.25, 0.3) is 0 Å². The van der Waals surface area contributed by atoms with Crippen LogP contribution in [-0.2, 0) is 20.8 Å². The Morgan fingerprint density at radius 1 is 1.09 bits per heavy atom. The average molecular weight is 488 g/mol. The number of carbonyl (C=O) groups excluding carboxylic acids is 3. The summed E-state index contributed by atoms with van der Waals surface area (Å²) in [5.74, 6) is -1.12. The molecule has 35 heavy (non-hydrogen) atoms. The molecule has 2 N–H and O–H groups in total. The summed E-state index contributed by atoms with van der Waals surface area (Å²) in [7, 11) is 0. The summed E-state index contributed by atoms with van der Waals surface area (Å²) in [6.45, 7) is 6.91. The average Bonchev–Trinajstić information content (AvgIpc) is 2.81. The number of benzene rings is 1. The third-order valence-electron chi connectivity index (χ3n) is 5.20. The van der Waals surface area contributed by atoms with Crippen molar-refractivity contribution in [3.05, 3.63) is 53.6 Å². The van der Waals surface area contributed by atoms with Crippen LogP contribution in [0.4, 0.5) is 25.4 Å². The van der Waals surface area contributed by atoms with E-state index in [1.54, 1.807) is 38.1 Å². The fourth-order valence-electron chi connectivity index (χ4n) is 3.46. The van der Waals surface area contributed by atoms with Crippen LogP contribution in [0.25, 0.3) is 0 Å². The zero-order chi connectivity index (χ0) is 25.4. The first-order valence-electron chi connectivity index (χ1n) is 11.3. The van der Waals surface area contributed by atoms with E-state index in [1.165, 1.54) is 17.2 Å². The highest BCUT2D eigenvalue weighted by Crippen LogP contribution is 2.21. The van der Waals surface area contributed by atoms with Crippen molar-refractivity contribution in [2.45, 2.75) is 33.4 Å². The Bertz CT molecular complexity index is 1040. The maximum absolute atomic E-state index is 15.0. The molecule has 0 spiro atoms. The molecule has 1 aliphatic heterocycles. The van der Waals surface area contributed by atoms with Crippen molar-refractivity contribution in [2.75, 3.05) is 43.4 Å². The number of nitrogens with one attached hydrogen (secondary N) is 2. The van der Waals surface area contributed by atoms with E-state index < -0.39 is 30.5 Å². The molecular formula is C24H30FN5O5. The van der Waals surface area contributed by atoms with Gasteiger partial charge in [0.2, 0.25) is 0 Å². The van der Waals surface area contributed by atoms with E-state index in [0.29, 0.717) is 44.0 Å². The number of carbonyl (C=O) groups is 3. The summed E-state index contributed by atoms with van der Waals surface area (Å²) >= 11 is 0. The molecule has 11 heteroatoms. The molecule has 1 aromatic carbocycles. The summed E-state index contributed by atoms with van der Waals surface area (Å²) in [6.07, 6.45) is 0.658. The molecule has 3 rings (SSSR count). The van der Waals surface area contributed by atoms with Gasteiger partial charge in [-0.05, 0) is 39.0 Å². The Hall–Kier alpha value is -3.73. The molecule has 0 radical (unpaired) electrons. The fraction of sp³-hybridized carbons (Fsp3) is 0.417. The summed E-state index contributed by atoms with van der Waals surface area (Å²) in [4.78, 5) is 43.6. The zero-order valence-corrected chi connectivity index (χ0v) is 20.0. The Morgan fingerprint density at radius 3 is 2.49 bits per heavy atom. The van der Waals surface area contributed by atoms with Gasteiger partial charge in [0.15, 0.2) is 12.4 Å². The minimum absolute atomic E-state index is 0.0653. The van der Waals surface area contributed by atoms with Crippen molar-refractivity contribution in [2.24, 2.45) is 0 Å². The molecule has 2 aromatic rings. The molecule has 3 amide bonds. The van der Waals surface area contributed by atoms with Gasteiger partial charge < -0.3 is 25.0 Å². The molecule has 188 valence electrons. The Balaban J connectivity index is 1.48. The van der Waals surface area contributed by atoms with Crippen molar-refractivity contribution in [1.82, 2.24) is 14.8 Å². The molecular weight excluding hydrogens is 457 g/mol. The lowest BCUT2D eigenvalue weighted by atomic mass is 10.1. The second-order valence-corrected chi connectivity index (χ2v) is 8.40. The summed E-state index contributed by atoms with van der Waals surface area (Å²) < 4.78 is 25.0. The lowest BCUT2D eigenvalue weighted by molar-refractivity contribution is -0.151. The standard InChI is InChI=1S/C24H30FN5O5/c1-16(2)35-21(31)15-34-24(33)30-11-9-29(10-12-30)14-18-5-4-6-20(22(18)25)28-23(32)27-19-8-7-17(3)26-13-19/h4-8,13,16H,9-12,14-15H2,1-3H3,(H2,27,28,32). The predicted molar refractivity (Wildman–Crippen MR) is 127 cm³/mol. The van der Waals surface area contributed by atoms with Crippen LogP contribution in [0.1, 0.15) is 25.1 Å². The van der Waals surface area contributed by atoms with Crippen LogP contribution in [0, 0.1) is 12.7 Å². The van der Waals surface area contributed by atoms with Gasteiger partial charge in [-0.1, -0.05) is 12.1 Å². The van der Waals surface area contributed by atoms with Gasteiger partial charge in [-0.3, -0.25) is 9.88 Å². The number of anilines is 2. The molecule has 0 unspecified atom stereocenters. The number of rotatable bonds is 7. The quantitative estimate of drug-likeness (QED) is 0.576. The summed E-state index contributed by atoms with van der Waals surface area (Å²) in [5, 5.41) is 5.15. The lowest BCUT2D eigenvalue weighted by Crippen LogP contribution is -2.48. The molecule has 1 saturated heterocycles. The summed E-state index contributed by atoms with van der Waals surface area (Å²) in [6, 6.07) is 7.72. The molecule has 0 atom stereocenters. The van der Waals surface area contributed by atoms with E-state index in [0.717, 1.165) is 5.69 Å². The highest BCUT2D eigenvalue weighted by Gasteiger charge is 2.24. The Labute approximate surface area is 203 Å². The zero-order valence-electron chi connectivity index (χ0n) is 20.0. The van der Waals surface area contributed by atoms with Crippen LogP contribution < -0.4 is 10.6 Å². The minimum Gasteiger partial charge on any atom is -0.460 e. The van der Waals surface area contributed by atoms with Gasteiger partial charge in [0.05, 0.1) is 23.7 Å². The first kappa shape index (κ1) is 25.9. The second-order valence-electron chi connectivity index (χ2n) is 8.40. The van der Waals surface area contributed by atoms with Gasteiger partial charge in [0.1, 0.15) is 0 Å². The number of aryl methyl sites for hydroxylation is 1. The lowest BCUT2D eigenvalue weighted by Gasteiger charge is -2.34. The number of piperazine rings is 1. The summed E-state index contributed by atoms with van der Waals surface area (Å²) in [5.41, 5.74) is 1.81. The van der Waals surface area contributed by atoms with Gasteiger partial charge in [-0.25, -0.2) is 18.8 Å².